The zero-order valence-electron chi connectivity index (χ0n) is 8.33. The molecule has 0 saturated heterocycles. The topological polar surface area (TPSA) is 68.3 Å². The number of hydrogen-bond donors (Lipinski definition) is 0. The fourth-order valence-electron chi connectivity index (χ4n) is 1.01. The minimum Gasteiger partial charge on any atom is -0.219 e. The lowest BCUT2D eigenvalue weighted by atomic mass is 10.4. The summed E-state index contributed by atoms with van der Waals surface area (Å²) in [6.07, 6.45) is 0. The molecule has 0 fully saturated rings. The van der Waals surface area contributed by atoms with Crippen LogP contribution in [0.2, 0.25) is 0 Å². The van der Waals surface area contributed by atoms with Gasteiger partial charge in [0, 0.05) is 10.8 Å². The molecule has 6 heteroatoms. The Morgan fingerprint density at radius 3 is 1.19 bits per heavy atom. The molecule has 0 aliphatic heterocycles. The maximum absolute atomic E-state index is 11.3. The lowest BCUT2D eigenvalue weighted by Crippen LogP contribution is -1.98. The maximum Gasteiger partial charge on any atom is 0.199 e. The lowest BCUT2D eigenvalue weighted by Gasteiger charge is -2.01. The average molecular weight is 258 g/mol. The molecule has 16 heavy (non-hydrogen) atoms. The first kappa shape index (κ1) is 12.7. The van der Waals surface area contributed by atoms with Crippen molar-refractivity contribution in [3.63, 3.8) is 0 Å². The second-order valence-electron chi connectivity index (χ2n) is 2.89. The van der Waals surface area contributed by atoms with Crippen LogP contribution >= 0.6 is 0 Å². The van der Waals surface area contributed by atoms with Gasteiger partial charge in [-0.05, 0) is 24.3 Å². The third-order valence-electron chi connectivity index (χ3n) is 1.92. The fourth-order valence-corrected chi connectivity index (χ4v) is 2.43. The van der Waals surface area contributed by atoms with Crippen molar-refractivity contribution in [2.45, 2.75) is 9.79 Å². The van der Waals surface area contributed by atoms with Gasteiger partial charge >= 0.3 is 0 Å². The van der Waals surface area contributed by atoms with Gasteiger partial charge in [0.05, 0.1) is 9.79 Å². The predicted octanol–water partition coefficient (Wildman–Crippen LogP) is 1.52. The van der Waals surface area contributed by atoms with E-state index < -0.39 is 19.7 Å². The van der Waals surface area contributed by atoms with Gasteiger partial charge in [0.1, 0.15) is 0 Å². The Balaban J connectivity index is 3.31. The largest absolute Gasteiger partial charge is 0.219 e. The molecule has 0 aliphatic rings. The Morgan fingerprint density at radius 1 is 0.750 bits per heavy atom. The second-order valence-corrected chi connectivity index (χ2v) is 6.68. The molecule has 0 amide bonds. The standard InChI is InChI=1S/C10H10O4S2/c1-3-15(11,12)9-5-7-10(8-6-9)16(13,14)4-2/h3-8H,1-2H2. The number of benzene rings is 1. The molecule has 0 aromatic heterocycles. The van der Waals surface area contributed by atoms with Crippen LogP contribution in [0.1, 0.15) is 0 Å². The van der Waals surface area contributed by atoms with E-state index in [2.05, 4.69) is 13.2 Å². The van der Waals surface area contributed by atoms with Crippen LogP contribution in [-0.2, 0) is 19.7 Å². The zero-order chi connectivity index (χ0) is 12.4. The van der Waals surface area contributed by atoms with E-state index in [0.29, 0.717) is 0 Å². The Morgan fingerprint density at radius 2 is 1.00 bits per heavy atom. The summed E-state index contributed by atoms with van der Waals surface area (Å²) in [6.45, 7) is 6.35. The van der Waals surface area contributed by atoms with Crippen LogP contribution in [0.3, 0.4) is 0 Å². The SMILES string of the molecule is C=CS(=O)(=O)c1ccc(S(=O)(=O)C=C)cc1. The second kappa shape index (κ2) is 4.23. The van der Waals surface area contributed by atoms with Crippen molar-refractivity contribution in [1.82, 2.24) is 0 Å². The molecular formula is C10H10O4S2. The van der Waals surface area contributed by atoms with Crippen molar-refractivity contribution < 1.29 is 16.8 Å². The average Bonchev–Trinajstić information content (AvgIpc) is 2.29. The Labute approximate surface area is 94.8 Å². The van der Waals surface area contributed by atoms with E-state index in [1.807, 2.05) is 0 Å². The Kier molecular flexibility index (Phi) is 3.35. The van der Waals surface area contributed by atoms with E-state index in [-0.39, 0.29) is 9.79 Å². The van der Waals surface area contributed by atoms with E-state index in [1.54, 1.807) is 0 Å². The summed E-state index contributed by atoms with van der Waals surface area (Å²) in [7, 11) is -7.05. The van der Waals surface area contributed by atoms with Gasteiger partial charge in [-0.1, -0.05) is 13.2 Å². The molecule has 4 nitrogen and oxygen atoms in total. The Hall–Kier alpha value is -1.40. The summed E-state index contributed by atoms with van der Waals surface area (Å²) in [4.78, 5) is 0.0102. The third-order valence-corrected chi connectivity index (χ3v) is 4.66. The van der Waals surface area contributed by atoms with E-state index in [4.69, 9.17) is 0 Å². The number of rotatable bonds is 4. The van der Waals surface area contributed by atoms with Crippen LogP contribution in [0, 0.1) is 0 Å². The smallest absolute Gasteiger partial charge is 0.199 e. The predicted molar refractivity (Wildman–Crippen MR) is 61.2 cm³/mol. The van der Waals surface area contributed by atoms with Gasteiger partial charge in [-0.3, -0.25) is 0 Å². The fraction of sp³-hybridized carbons (Fsp3) is 0. The molecule has 0 aliphatic carbocycles. The minimum absolute atomic E-state index is 0.00510. The summed E-state index contributed by atoms with van der Waals surface area (Å²) in [5, 5.41) is 1.62. The first-order valence-corrected chi connectivity index (χ1v) is 7.28. The van der Waals surface area contributed by atoms with Crippen LogP contribution < -0.4 is 0 Å². The number of hydrogen-bond acceptors (Lipinski definition) is 4. The summed E-state index contributed by atoms with van der Waals surface area (Å²) in [5.41, 5.74) is 0. The zero-order valence-corrected chi connectivity index (χ0v) is 9.96. The van der Waals surface area contributed by atoms with Gasteiger partial charge in [-0.15, -0.1) is 0 Å². The first-order valence-electron chi connectivity index (χ1n) is 4.18. The summed E-state index contributed by atoms with van der Waals surface area (Å²) >= 11 is 0. The normalized spacial score (nSPS) is 12.0. The van der Waals surface area contributed by atoms with Gasteiger partial charge in [0.2, 0.25) is 0 Å². The van der Waals surface area contributed by atoms with Crippen molar-refractivity contribution in [1.29, 1.82) is 0 Å². The van der Waals surface area contributed by atoms with Gasteiger partial charge in [-0.2, -0.15) is 0 Å². The molecule has 1 aromatic rings. The summed E-state index contributed by atoms with van der Waals surface area (Å²) in [6, 6.07) is 4.86. The molecule has 1 rings (SSSR count). The van der Waals surface area contributed by atoms with Crippen molar-refractivity contribution in [3.8, 4) is 0 Å². The molecule has 0 heterocycles. The first-order chi connectivity index (χ1) is 7.33. The summed E-state index contributed by atoms with van der Waals surface area (Å²) < 4.78 is 45.4. The molecule has 0 spiro atoms. The number of sulfone groups is 2. The van der Waals surface area contributed by atoms with Crippen LogP contribution in [-0.4, -0.2) is 16.8 Å². The highest BCUT2D eigenvalue weighted by Crippen LogP contribution is 2.17. The van der Waals surface area contributed by atoms with Gasteiger partial charge in [0.15, 0.2) is 19.7 Å². The van der Waals surface area contributed by atoms with Crippen molar-refractivity contribution in [3.05, 3.63) is 48.2 Å². The highest BCUT2D eigenvalue weighted by molar-refractivity contribution is 7.94. The molecule has 86 valence electrons. The molecule has 0 N–H and O–H groups in total. The van der Waals surface area contributed by atoms with Crippen LogP contribution in [0.4, 0.5) is 0 Å². The van der Waals surface area contributed by atoms with E-state index in [1.165, 1.54) is 24.3 Å². The lowest BCUT2D eigenvalue weighted by molar-refractivity contribution is 0.601. The quantitative estimate of drug-likeness (QED) is 0.821. The molecule has 0 saturated carbocycles. The van der Waals surface area contributed by atoms with Crippen LogP contribution in [0.5, 0.6) is 0 Å². The van der Waals surface area contributed by atoms with Crippen LogP contribution in [0.15, 0.2) is 58.0 Å². The molecule has 0 radical (unpaired) electrons. The van der Waals surface area contributed by atoms with E-state index >= 15 is 0 Å². The van der Waals surface area contributed by atoms with Gasteiger partial charge in [-0.25, -0.2) is 16.8 Å². The monoisotopic (exact) mass is 258 g/mol. The van der Waals surface area contributed by atoms with Crippen molar-refractivity contribution in [2.24, 2.45) is 0 Å². The van der Waals surface area contributed by atoms with Gasteiger partial charge in [0.25, 0.3) is 0 Å². The van der Waals surface area contributed by atoms with Crippen LogP contribution in [0.25, 0.3) is 0 Å². The van der Waals surface area contributed by atoms with Crippen molar-refractivity contribution in [2.75, 3.05) is 0 Å². The molecule has 0 atom stereocenters. The van der Waals surface area contributed by atoms with E-state index in [9.17, 15) is 16.8 Å². The molecule has 0 unspecified atom stereocenters. The third kappa shape index (κ3) is 2.40. The van der Waals surface area contributed by atoms with E-state index in [0.717, 1.165) is 10.8 Å². The summed E-state index contributed by atoms with van der Waals surface area (Å²) in [5.74, 6) is 0. The molecular weight excluding hydrogens is 248 g/mol. The molecule has 1 aromatic carbocycles. The highest BCUT2D eigenvalue weighted by atomic mass is 32.2. The maximum atomic E-state index is 11.3. The molecule has 0 bridgehead atoms. The van der Waals surface area contributed by atoms with Gasteiger partial charge < -0.3 is 0 Å². The minimum atomic E-state index is -3.52. The van der Waals surface area contributed by atoms with Crippen molar-refractivity contribution >= 4 is 19.7 Å². The Bertz CT molecular complexity index is 550. The highest BCUT2D eigenvalue weighted by Gasteiger charge is 2.13.